The normalized spacial score (nSPS) is 19.9. The first kappa shape index (κ1) is 26.5. The van der Waals surface area contributed by atoms with Gasteiger partial charge in [0.25, 0.3) is 8.32 Å². The standard InChI is InChI=1S/C28H41NO4Si/c1-26(2,3)32-25(30)29-20-21(19-24(29)28(7,8)31)33-34(27(4,5)6,22-15-11-9-12-16-22)23-17-13-10-14-18-23/h9-18,21,24,31H,19-20H2,1-8H3/t21-,24-/m0/s1. The molecule has 1 aliphatic rings. The van der Waals surface area contributed by atoms with Gasteiger partial charge in [-0.2, -0.15) is 0 Å². The number of amides is 1. The molecule has 2 aromatic rings. The molecule has 0 bridgehead atoms. The van der Waals surface area contributed by atoms with Gasteiger partial charge in [0.2, 0.25) is 0 Å². The zero-order chi connectivity index (χ0) is 25.4. The molecular weight excluding hydrogens is 442 g/mol. The van der Waals surface area contributed by atoms with Crippen LogP contribution in [0.1, 0.15) is 61.8 Å². The molecule has 6 heteroatoms. The molecule has 0 spiro atoms. The summed E-state index contributed by atoms with van der Waals surface area (Å²) in [4.78, 5) is 14.8. The molecule has 1 N–H and O–H groups in total. The van der Waals surface area contributed by atoms with Crippen molar-refractivity contribution in [2.24, 2.45) is 0 Å². The molecule has 0 aromatic heterocycles. The van der Waals surface area contributed by atoms with E-state index >= 15 is 0 Å². The quantitative estimate of drug-likeness (QED) is 0.626. The van der Waals surface area contributed by atoms with Crippen molar-refractivity contribution in [1.29, 1.82) is 0 Å². The smallest absolute Gasteiger partial charge is 0.410 e. The Hall–Kier alpha value is -2.15. The van der Waals surface area contributed by atoms with Crippen LogP contribution < -0.4 is 10.4 Å². The Bertz CT molecular complexity index is 918. The van der Waals surface area contributed by atoms with Gasteiger partial charge in [0.05, 0.1) is 17.7 Å². The van der Waals surface area contributed by atoms with Gasteiger partial charge in [-0.05, 0) is 56.5 Å². The topological polar surface area (TPSA) is 59.0 Å². The maximum absolute atomic E-state index is 13.1. The minimum absolute atomic E-state index is 0.167. The van der Waals surface area contributed by atoms with E-state index in [0.29, 0.717) is 13.0 Å². The molecule has 5 nitrogen and oxygen atoms in total. The van der Waals surface area contributed by atoms with Crippen molar-refractivity contribution in [3.63, 3.8) is 0 Å². The molecule has 1 aliphatic heterocycles. The summed E-state index contributed by atoms with van der Waals surface area (Å²) < 4.78 is 12.9. The van der Waals surface area contributed by atoms with Gasteiger partial charge in [-0.3, -0.25) is 4.90 Å². The molecule has 0 saturated carbocycles. The fraction of sp³-hybridized carbons (Fsp3) is 0.536. The summed E-state index contributed by atoms with van der Waals surface area (Å²) in [6.07, 6.45) is -0.0869. The third-order valence-electron chi connectivity index (χ3n) is 6.47. The zero-order valence-electron chi connectivity index (χ0n) is 22.0. The van der Waals surface area contributed by atoms with Crippen molar-refractivity contribution < 1.29 is 19.1 Å². The third kappa shape index (κ3) is 5.56. The monoisotopic (exact) mass is 483 g/mol. The Balaban J connectivity index is 2.05. The number of benzene rings is 2. The van der Waals surface area contributed by atoms with Crippen LogP contribution in [0, 0.1) is 0 Å². The van der Waals surface area contributed by atoms with E-state index in [4.69, 9.17) is 9.16 Å². The zero-order valence-corrected chi connectivity index (χ0v) is 23.0. The number of aliphatic hydroxyl groups is 1. The predicted molar refractivity (Wildman–Crippen MR) is 140 cm³/mol. The first-order valence-electron chi connectivity index (χ1n) is 12.2. The Labute approximate surface area is 206 Å². The summed E-state index contributed by atoms with van der Waals surface area (Å²) in [5.41, 5.74) is -1.70. The highest BCUT2D eigenvalue weighted by molar-refractivity contribution is 6.99. The summed E-state index contributed by atoms with van der Waals surface area (Å²) in [5.74, 6) is 0. The summed E-state index contributed by atoms with van der Waals surface area (Å²) in [5, 5.41) is 13.2. The largest absolute Gasteiger partial charge is 0.444 e. The average molecular weight is 484 g/mol. The number of hydrogen-bond donors (Lipinski definition) is 1. The Morgan fingerprint density at radius 1 is 0.882 bits per heavy atom. The van der Waals surface area contributed by atoms with E-state index < -0.39 is 31.7 Å². The lowest BCUT2D eigenvalue weighted by Gasteiger charge is -2.44. The molecule has 0 radical (unpaired) electrons. The maximum Gasteiger partial charge on any atom is 0.410 e. The molecule has 2 atom stereocenters. The number of rotatable bonds is 5. The molecule has 34 heavy (non-hydrogen) atoms. The first-order valence-corrected chi connectivity index (χ1v) is 14.1. The van der Waals surface area contributed by atoms with Crippen molar-refractivity contribution in [1.82, 2.24) is 4.90 Å². The van der Waals surface area contributed by atoms with Crippen LogP contribution in [0.5, 0.6) is 0 Å². The van der Waals surface area contributed by atoms with E-state index in [9.17, 15) is 9.90 Å². The number of ether oxygens (including phenoxy) is 1. The highest BCUT2D eigenvalue weighted by Crippen LogP contribution is 2.40. The fourth-order valence-corrected chi connectivity index (χ4v) is 9.70. The van der Waals surface area contributed by atoms with E-state index in [0.717, 1.165) is 0 Å². The van der Waals surface area contributed by atoms with Crippen LogP contribution in [0.3, 0.4) is 0 Å². The molecular formula is C28H41NO4Si. The molecule has 2 aromatic carbocycles. The second-order valence-corrected chi connectivity index (χ2v) is 16.2. The fourth-order valence-electron chi connectivity index (χ4n) is 5.02. The van der Waals surface area contributed by atoms with Crippen LogP contribution in [-0.2, 0) is 9.16 Å². The predicted octanol–water partition coefficient (Wildman–Crippen LogP) is 4.71. The highest BCUT2D eigenvalue weighted by Gasteiger charge is 2.54. The van der Waals surface area contributed by atoms with Gasteiger partial charge in [-0.15, -0.1) is 0 Å². The molecule has 1 amide bonds. The van der Waals surface area contributed by atoms with Gasteiger partial charge >= 0.3 is 6.09 Å². The van der Waals surface area contributed by atoms with Gasteiger partial charge in [-0.25, -0.2) is 4.79 Å². The van der Waals surface area contributed by atoms with Crippen molar-refractivity contribution >= 4 is 24.8 Å². The maximum atomic E-state index is 13.1. The molecule has 3 rings (SSSR count). The Morgan fingerprint density at radius 3 is 1.74 bits per heavy atom. The summed E-state index contributed by atoms with van der Waals surface area (Å²) in [6, 6.07) is 20.6. The molecule has 0 aliphatic carbocycles. The summed E-state index contributed by atoms with van der Waals surface area (Å²) in [6.45, 7) is 16.2. The first-order chi connectivity index (χ1) is 15.6. The molecule has 1 fully saturated rings. The molecule has 186 valence electrons. The van der Waals surface area contributed by atoms with Crippen LogP contribution in [0.15, 0.2) is 60.7 Å². The van der Waals surface area contributed by atoms with Crippen LogP contribution in [0.2, 0.25) is 5.04 Å². The van der Waals surface area contributed by atoms with E-state index in [1.54, 1.807) is 18.7 Å². The number of carbonyl (C=O) groups excluding carboxylic acids is 1. The summed E-state index contributed by atoms with van der Waals surface area (Å²) in [7, 11) is -2.77. The second-order valence-electron chi connectivity index (χ2n) is 11.9. The van der Waals surface area contributed by atoms with Crippen molar-refractivity contribution in [3.05, 3.63) is 60.7 Å². The van der Waals surface area contributed by atoms with E-state index in [1.165, 1.54) is 10.4 Å². The van der Waals surface area contributed by atoms with Gasteiger partial charge in [-0.1, -0.05) is 81.4 Å². The molecule has 1 heterocycles. The lowest BCUT2D eigenvalue weighted by Crippen LogP contribution is -2.67. The van der Waals surface area contributed by atoms with E-state index in [2.05, 4.69) is 69.3 Å². The molecule has 1 saturated heterocycles. The highest BCUT2D eigenvalue weighted by atomic mass is 28.4. The average Bonchev–Trinajstić information content (AvgIpc) is 3.16. The van der Waals surface area contributed by atoms with Gasteiger partial charge < -0.3 is 14.3 Å². The van der Waals surface area contributed by atoms with Crippen molar-refractivity contribution in [2.75, 3.05) is 6.54 Å². The molecule has 0 unspecified atom stereocenters. The van der Waals surface area contributed by atoms with Crippen LogP contribution in [0.4, 0.5) is 4.79 Å². The van der Waals surface area contributed by atoms with Crippen molar-refractivity contribution in [2.45, 2.75) is 90.2 Å². The van der Waals surface area contributed by atoms with Gasteiger partial charge in [0.1, 0.15) is 5.60 Å². The lowest BCUT2D eigenvalue weighted by molar-refractivity contribution is -0.0240. The Morgan fingerprint density at radius 2 is 1.35 bits per heavy atom. The second kappa shape index (κ2) is 9.48. The van der Waals surface area contributed by atoms with Gasteiger partial charge in [0.15, 0.2) is 0 Å². The SMILES string of the molecule is CC(C)(C)OC(=O)N1C[C@@H](O[Si](c2ccccc2)(c2ccccc2)C(C)(C)C)C[C@H]1C(C)(C)O. The Kier molecular flexibility index (Phi) is 7.37. The van der Waals surface area contributed by atoms with E-state index in [1.807, 2.05) is 32.9 Å². The number of carbonyl (C=O) groups is 1. The van der Waals surface area contributed by atoms with Crippen molar-refractivity contribution in [3.8, 4) is 0 Å². The summed E-state index contributed by atoms with van der Waals surface area (Å²) >= 11 is 0. The number of hydrogen-bond acceptors (Lipinski definition) is 4. The third-order valence-corrected chi connectivity index (χ3v) is 11.6. The van der Waals surface area contributed by atoms with E-state index in [-0.39, 0.29) is 11.1 Å². The number of nitrogens with zero attached hydrogens (tertiary/aromatic N) is 1. The lowest BCUT2D eigenvalue weighted by atomic mass is 9.96. The number of likely N-dealkylation sites (tertiary alicyclic amines) is 1. The van der Waals surface area contributed by atoms with Crippen LogP contribution >= 0.6 is 0 Å². The van der Waals surface area contributed by atoms with Crippen LogP contribution in [-0.4, -0.2) is 54.3 Å². The minimum Gasteiger partial charge on any atom is -0.444 e. The van der Waals surface area contributed by atoms with Gasteiger partial charge in [0, 0.05) is 6.54 Å². The van der Waals surface area contributed by atoms with Crippen LogP contribution in [0.25, 0.3) is 0 Å². The minimum atomic E-state index is -2.77.